The van der Waals surface area contributed by atoms with Crippen molar-refractivity contribution >= 4 is 39.2 Å². The van der Waals surface area contributed by atoms with Gasteiger partial charge in [-0.05, 0) is 53.0 Å². The Morgan fingerprint density at radius 1 is 1.56 bits per heavy atom. The molecular weight excluding hydrogens is 315 g/mol. The van der Waals surface area contributed by atoms with Crippen molar-refractivity contribution in [3.63, 3.8) is 0 Å². The fourth-order valence-electron chi connectivity index (χ4n) is 2.68. The number of hydrogen-bond donors (Lipinski definition) is 1. The van der Waals surface area contributed by atoms with Gasteiger partial charge in [-0.1, -0.05) is 13.3 Å². The molecule has 1 aromatic carbocycles. The van der Waals surface area contributed by atoms with Crippen LogP contribution in [0, 0.1) is 16.5 Å². The Bertz CT molecular complexity index is 661. The molecule has 1 N–H and O–H groups in total. The minimum Gasteiger partial charge on any atom is -0.331 e. The smallest absolute Gasteiger partial charge is 0.178 e. The molecule has 5 heteroatoms. The van der Waals surface area contributed by atoms with E-state index < -0.39 is 0 Å². The maximum atomic E-state index is 13.7. The molecule has 2 nitrogen and oxygen atoms in total. The fourth-order valence-corrected chi connectivity index (χ4v) is 3.37. The second kappa shape index (κ2) is 4.46. The second-order valence-corrected chi connectivity index (χ2v) is 6.18. The first-order chi connectivity index (χ1) is 8.61. The zero-order valence-electron chi connectivity index (χ0n) is 10.0. The number of H-pyrrole nitrogens is 1. The number of hydrogen-bond acceptors (Lipinski definition) is 1. The van der Waals surface area contributed by atoms with Crippen LogP contribution in [0.1, 0.15) is 32.2 Å². The van der Waals surface area contributed by atoms with Gasteiger partial charge in [-0.3, -0.25) is 0 Å². The third kappa shape index (κ3) is 1.93. The molecule has 0 spiro atoms. The summed E-state index contributed by atoms with van der Waals surface area (Å²) < 4.78 is 16.9. The predicted molar refractivity (Wildman–Crippen MR) is 76.8 cm³/mol. The van der Waals surface area contributed by atoms with Gasteiger partial charge in [0.1, 0.15) is 5.82 Å². The van der Waals surface area contributed by atoms with Crippen LogP contribution in [0.5, 0.6) is 0 Å². The van der Waals surface area contributed by atoms with E-state index in [9.17, 15) is 4.39 Å². The van der Waals surface area contributed by atoms with Crippen molar-refractivity contribution in [2.75, 3.05) is 0 Å². The summed E-state index contributed by atoms with van der Waals surface area (Å²) in [6, 6.07) is 3.77. The number of aromatic amines is 1. The maximum absolute atomic E-state index is 13.7. The van der Waals surface area contributed by atoms with Crippen LogP contribution in [0.15, 0.2) is 16.6 Å². The largest absolute Gasteiger partial charge is 0.331 e. The lowest BCUT2D eigenvalue weighted by molar-refractivity contribution is 0.606. The van der Waals surface area contributed by atoms with Crippen molar-refractivity contribution in [3.05, 3.63) is 27.2 Å². The van der Waals surface area contributed by atoms with E-state index in [0.29, 0.717) is 21.2 Å². The van der Waals surface area contributed by atoms with Gasteiger partial charge in [0.15, 0.2) is 4.77 Å². The van der Waals surface area contributed by atoms with E-state index in [1.807, 2.05) is 0 Å². The fraction of sp³-hybridized carbons (Fsp3) is 0.462. The summed E-state index contributed by atoms with van der Waals surface area (Å²) in [6.07, 6.45) is 3.57. The number of nitrogens with one attached hydrogen (secondary N) is 1. The number of nitrogens with zero attached hydrogens (tertiary/aromatic N) is 1. The van der Waals surface area contributed by atoms with Crippen LogP contribution < -0.4 is 0 Å². The summed E-state index contributed by atoms with van der Waals surface area (Å²) >= 11 is 8.56. The molecule has 2 aromatic rings. The van der Waals surface area contributed by atoms with E-state index >= 15 is 0 Å². The van der Waals surface area contributed by atoms with Crippen LogP contribution in [-0.2, 0) is 0 Å². The molecule has 1 aromatic heterocycles. The Morgan fingerprint density at radius 2 is 2.33 bits per heavy atom. The summed E-state index contributed by atoms with van der Waals surface area (Å²) in [5.41, 5.74) is 1.78. The second-order valence-electron chi connectivity index (χ2n) is 4.94. The minimum atomic E-state index is -0.238. The molecule has 1 fully saturated rings. The van der Waals surface area contributed by atoms with Gasteiger partial charge >= 0.3 is 0 Å². The standard InChI is InChI=1S/C13H14BrFN2S/c1-2-3-7-4-11(7)17-12-6-9(15)8(14)5-10(12)16-13(17)18/h5-7,11H,2-4H2,1H3,(H,16,18). The number of rotatable bonds is 3. The van der Waals surface area contributed by atoms with Gasteiger partial charge in [-0.25, -0.2) is 4.39 Å². The Labute approximate surface area is 118 Å². The molecule has 0 bridgehead atoms. The van der Waals surface area contributed by atoms with E-state index in [2.05, 4.69) is 32.4 Å². The zero-order valence-corrected chi connectivity index (χ0v) is 12.4. The first-order valence-electron chi connectivity index (χ1n) is 6.21. The molecule has 1 heterocycles. The van der Waals surface area contributed by atoms with Gasteiger partial charge in [0, 0.05) is 12.1 Å². The lowest BCUT2D eigenvalue weighted by Gasteiger charge is -2.04. The van der Waals surface area contributed by atoms with Crippen molar-refractivity contribution in [3.8, 4) is 0 Å². The Morgan fingerprint density at radius 3 is 3.06 bits per heavy atom. The van der Waals surface area contributed by atoms with E-state index in [1.54, 1.807) is 12.1 Å². The van der Waals surface area contributed by atoms with Crippen molar-refractivity contribution in [1.29, 1.82) is 0 Å². The first-order valence-corrected chi connectivity index (χ1v) is 7.41. The highest BCUT2D eigenvalue weighted by molar-refractivity contribution is 9.10. The third-order valence-corrected chi connectivity index (χ3v) is 4.54. The molecule has 0 amide bonds. The lowest BCUT2D eigenvalue weighted by atomic mass is 10.2. The van der Waals surface area contributed by atoms with Crippen LogP contribution in [0.2, 0.25) is 0 Å². The van der Waals surface area contributed by atoms with Crippen LogP contribution in [-0.4, -0.2) is 9.55 Å². The maximum Gasteiger partial charge on any atom is 0.178 e. The minimum absolute atomic E-state index is 0.238. The zero-order chi connectivity index (χ0) is 12.9. The molecule has 1 saturated carbocycles. The van der Waals surface area contributed by atoms with Crippen LogP contribution in [0.4, 0.5) is 4.39 Å². The Hall–Kier alpha value is -0.680. The van der Waals surface area contributed by atoms with Gasteiger partial charge in [0.2, 0.25) is 0 Å². The average molecular weight is 329 g/mol. The van der Waals surface area contributed by atoms with Crippen LogP contribution in [0.25, 0.3) is 11.0 Å². The summed E-state index contributed by atoms with van der Waals surface area (Å²) in [5.74, 6) is 0.463. The van der Waals surface area contributed by atoms with Crippen LogP contribution >= 0.6 is 28.1 Å². The predicted octanol–water partition coefficient (Wildman–Crippen LogP) is 4.96. The van der Waals surface area contributed by atoms with E-state index in [-0.39, 0.29) is 5.82 Å². The van der Waals surface area contributed by atoms with Crippen molar-refractivity contribution in [1.82, 2.24) is 9.55 Å². The van der Waals surface area contributed by atoms with Crippen molar-refractivity contribution in [2.45, 2.75) is 32.2 Å². The average Bonchev–Trinajstić information content (AvgIpc) is 2.98. The van der Waals surface area contributed by atoms with Crippen molar-refractivity contribution < 1.29 is 4.39 Å². The molecule has 3 rings (SSSR count). The lowest BCUT2D eigenvalue weighted by Crippen LogP contribution is -1.96. The van der Waals surface area contributed by atoms with Gasteiger partial charge < -0.3 is 9.55 Å². The van der Waals surface area contributed by atoms with Gasteiger partial charge in [-0.2, -0.15) is 0 Å². The first kappa shape index (κ1) is 12.4. The van der Waals surface area contributed by atoms with Gasteiger partial charge in [0.05, 0.1) is 15.5 Å². The molecule has 1 aliphatic carbocycles. The molecule has 2 unspecified atom stereocenters. The topological polar surface area (TPSA) is 20.7 Å². The quantitative estimate of drug-likeness (QED) is 0.789. The molecule has 0 radical (unpaired) electrons. The van der Waals surface area contributed by atoms with E-state index in [1.165, 1.54) is 12.8 Å². The number of benzene rings is 1. The number of halogens is 2. The molecule has 96 valence electrons. The number of fused-ring (bicyclic) bond motifs is 1. The summed E-state index contributed by atoms with van der Waals surface area (Å²) in [5, 5.41) is 0. The molecule has 2 atom stereocenters. The van der Waals surface area contributed by atoms with E-state index in [0.717, 1.165) is 17.5 Å². The monoisotopic (exact) mass is 328 g/mol. The summed E-state index contributed by atoms with van der Waals surface area (Å²) in [4.78, 5) is 3.16. The molecule has 18 heavy (non-hydrogen) atoms. The van der Waals surface area contributed by atoms with E-state index in [4.69, 9.17) is 12.2 Å². The normalized spacial score (nSPS) is 22.6. The highest BCUT2D eigenvalue weighted by Crippen LogP contribution is 2.48. The molecule has 0 saturated heterocycles. The summed E-state index contributed by atoms with van der Waals surface area (Å²) in [6.45, 7) is 2.20. The van der Waals surface area contributed by atoms with Crippen molar-refractivity contribution in [2.24, 2.45) is 5.92 Å². The molecule has 0 aliphatic heterocycles. The number of imidazole rings is 1. The highest BCUT2D eigenvalue weighted by Gasteiger charge is 2.38. The SMILES string of the molecule is CCCC1CC1n1c(=S)[nH]c2cc(Br)c(F)cc21. The Balaban J connectivity index is 2.10. The highest BCUT2D eigenvalue weighted by atomic mass is 79.9. The number of aromatic nitrogens is 2. The van der Waals surface area contributed by atoms with Crippen LogP contribution in [0.3, 0.4) is 0 Å². The Kier molecular flexibility index (Phi) is 3.06. The molecular formula is C13H14BrFN2S. The molecule has 1 aliphatic rings. The summed E-state index contributed by atoms with van der Waals surface area (Å²) in [7, 11) is 0. The van der Waals surface area contributed by atoms with Gasteiger partial charge in [-0.15, -0.1) is 0 Å². The third-order valence-electron chi connectivity index (χ3n) is 3.63. The van der Waals surface area contributed by atoms with Gasteiger partial charge in [0.25, 0.3) is 0 Å².